The highest BCUT2D eigenvalue weighted by Gasteiger charge is 2.42. The molecule has 0 aliphatic carbocycles. The van der Waals surface area contributed by atoms with Crippen molar-refractivity contribution >= 4 is 0 Å². The van der Waals surface area contributed by atoms with Crippen LogP contribution >= 0.6 is 0 Å². The predicted octanol–water partition coefficient (Wildman–Crippen LogP) is 4.57. The smallest absolute Gasteiger partial charge is 0.163 e. The first-order chi connectivity index (χ1) is 10.9. The van der Waals surface area contributed by atoms with E-state index in [0.717, 1.165) is 0 Å². The van der Waals surface area contributed by atoms with Gasteiger partial charge in [0, 0.05) is 11.8 Å². The zero-order valence-corrected chi connectivity index (χ0v) is 15.0. The maximum Gasteiger partial charge on any atom is 0.163 e. The third-order valence-corrected chi connectivity index (χ3v) is 4.31. The first-order valence-electron chi connectivity index (χ1n) is 8.53. The maximum atomic E-state index is 6.19. The molecule has 0 unspecified atom stereocenters. The van der Waals surface area contributed by atoms with Crippen LogP contribution in [0.15, 0.2) is 42.5 Å². The number of ether oxygens (including phenoxy) is 3. The summed E-state index contributed by atoms with van der Waals surface area (Å²) in [6, 6.07) is 10.3. The molecule has 0 N–H and O–H groups in total. The van der Waals surface area contributed by atoms with E-state index >= 15 is 0 Å². The van der Waals surface area contributed by atoms with Gasteiger partial charge in [-0.3, -0.25) is 0 Å². The molecule has 1 aromatic carbocycles. The van der Waals surface area contributed by atoms with Gasteiger partial charge in [0.25, 0.3) is 0 Å². The van der Waals surface area contributed by atoms with Gasteiger partial charge in [0.15, 0.2) is 5.79 Å². The van der Waals surface area contributed by atoms with Gasteiger partial charge in [0.1, 0.15) is 0 Å². The summed E-state index contributed by atoms with van der Waals surface area (Å²) >= 11 is 0. The van der Waals surface area contributed by atoms with Crippen LogP contribution in [-0.4, -0.2) is 24.6 Å². The van der Waals surface area contributed by atoms with Gasteiger partial charge in [0.05, 0.1) is 25.4 Å². The van der Waals surface area contributed by atoms with Gasteiger partial charge in [-0.15, -0.1) is 0 Å². The molecule has 3 heteroatoms. The lowest BCUT2D eigenvalue weighted by molar-refractivity contribution is -0.319. The summed E-state index contributed by atoms with van der Waals surface area (Å²) in [5.41, 5.74) is 1.20. The molecule has 23 heavy (non-hydrogen) atoms. The van der Waals surface area contributed by atoms with Crippen molar-refractivity contribution in [3.05, 3.63) is 48.0 Å². The molecule has 1 aromatic rings. The van der Waals surface area contributed by atoms with Crippen LogP contribution in [0, 0.1) is 11.8 Å². The van der Waals surface area contributed by atoms with E-state index in [9.17, 15) is 0 Å². The zero-order valence-electron chi connectivity index (χ0n) is 15.0. The molecule has 1 heterocycles. The number of allylic oxidation sites excluding steroid dienone is 1. The third-order valence-electron chi connectivity index (χ3n) is 4.31. The highest BCUT2D eigenvalue weighted by atomic mass is 16.7. The molecule has 2 rings (SSSR count). The first kappa shape index (κ1) is 18.2. The lowest BCUT2D eigenvalue weighted by atomic mass is 9.87. The second-order valence-electron chi connectivity index (χ2n) is 6.93. The topological polar surface area (TPSA) is 27.7 Å². The summed E-state index contributed by atoms with van der Waals surface area (Å²) in [5.74, 6) is 0.0499. The van der Waals surface area contributed by atoms with Crippen LogP contribution in [0.5, 0.6) is 0 Å². The largest absolute Gasteiger partial charge is 0.376 e. The van der Waals surface area contributed by atoms with Crippen molar-refractivity contribution in [3.63, 3.8) is 0 Å². The van der Waals surface area contributed by atoms with E-state index in [1.165, 1.54) is 5.56 Å². The van der Waals surface area contributed by atoms with Gasteiger partial charge in [0.2, 0.25) is 0 Å². The van der Waals surface area contributed by atoms with Crippen LogP contribution in [0.1, 0.15) is 40.2 Å². The SMILES string of the molecule is C/C=C/[C@H]1OC(C)(C)O[C@H]([C@H](C)COCc2ccccc2)[C@H]1C. The molecule has 128 valence electrons. The monoisotopic (exact) mass is 318 g/mol. The minimum atomic E-state index is -0.560. The summed E-state index contributed by atoms with van der Waals surface area (Å²) in [7, 11) is 0. The fraction of sp³-hybridized carbons (Fsp3) is 0.600. The van der Waals surface area contributed by atoms with E-state index in [-0.39, 0.29) is 12.2 Å². The molecule has 1 aliphatic rings. The number of hydrogen-bond donors (Lipinski definition) is 0. The van der Waals surface area contributed by atoms with Crippen molar-refractivity contribution in [1.29, 1.82) is 0 Å². The normalized spacial score (nSPS) is 28.8. The molecule has 1 saturated heterocycles. The van der Waals surface area contributed by atoms with E-state index in [1.54, 1.807) is 0 Å². The summed E-state index contributed by atoms with van der Waals surface area (Å²) < 4.78 is 18.1. The Balaban J connectivity index is 1.92. The van der Waals surface area contributed by atoms with Crippen molar-refractivity contribution < 1.29 is 14.2 Å². The van der Waals surface area contributed by atoms with E-state index in [2.05, 4.69) is 38.1 Å². The first-order valence-corrected chi connectivity index (χ1v) is 8.53. The van der Waals surface area contributed by atoms with Crippen molar-refractivity contribution in [2.75, 3.05) is 6.61 Å². The number of benzene rings is 1. The van der Waals surface area contributed by atoms with Crippen LogP contribution in [0.25, 0.3) is 0 Å². The molecular weight excluding hydrogens is 288 g/mol. The number of rotatable bonds is 6. The Morgan fingerprint density at radius 1 is 1.22 bits per heavy atom. The molecule has 0 aromatic heterocycles. The quantitative estimate of drug-likeness (QED) is 0.719. The Hall–Kier alpha value is -1.16. The van der Waals surface area contributed by atoms with Crippen LogP contribution in [0.3, 0.4) is 0 Å². The lowest BCUT2D eigenvalue weighted by Gasteiger charge is -2.46. The lowest BCUT2D eigenvalue weighted by Crippen LogP contribution is -2.52. The van der Waals surface area contributed by atoms with Gasteiger partial charge in [-0.25, -0.2) is 0 Å². The standard InChI is InChI=1S/C20H30O3/c1-6-10-18-16(3)19(23-20(4,5)22-18)15(2)13-21-14-17-11-8-7-9-12-17/h6-12,15-16,18-19H,13-14H2,1-5H3/b10-6+/t15-,16+,18-,19-/m1/s1. The molecule has 0 spiro atoms. The van der Waals surface area contributed by atoms with Gasteiger partial charge in [-0.05, 0) is 26.3 Å². The molecule has 1 aliphatic heterocycles. The minimum absolute atomic E-state index is 0.0883. The highest BCUT2D eigenvalue weighted by molar-refractivity contribution is 5.13. The molecule has 0 saturated carbocycles. The number of hydrogen-bond acceptors (Lipinski definition) is 3. The highest BCUT2D eigenvalue weighted by Crippen LogP contribution is 2.35. The molecule has 0 bridgehead atoms. The van der Waals surface area contributed by atoms with Gasteiger partial charge in [-0.2, -0.15) is 0 Å². The Kier molecular flexibility index (Phi) is 6.40. The van der Waals surface area contributed by atoms with E-state index in [1.807, 2.05) is 39.0 Å². The van der Waals surface area contributed by atoms with Crippen LogP contribution in [0.4, 0.5) is 0 Å². The molecular formula is C20H30O3. The summed E-state index contributed by atoms with van der Waals surface area (Å²) in [6.45, 7) is 11.7. The molecule has 4 atom stereocenters. The Morgan fingerprint density at radius 3 is 2.57 bits per heavy atom. The fourth-order valence-electron chi connectivity index (χ4n) is 3.16. The van der Waals surface area contributed by atoms with Gasteiger partial charge in [-0.1, -0.05) is 56.3 Å². The Morgan fingerprint density at radius 2 is 1.91 bits per heavy atom. The van der Waals surface area contributed by atoms with E-state index in [4.69, 9.17) is 14.2 Å². The van der Waals surface area contributed by atoms with E-state index < -0.39 is 5.79 Å². The maximum absolute atomic E-state index is 6.19. The predicted molar refractivity (Wildman–Crippen MR) is 93.1 cm³/mol. The average molecular weight is 318 g/mol. The van der Waals surface area contributed by atoms with E-state index in [0.29, 0.717) is 25.0 Å². The zero-order chi connectivity index (χ0) is 16.9. The second kappa shape index (κ2) is 8.09. The molecule has 1 fully saturated rings. The summed E-state index contributed by atoms with van der Waals surface area (Å²) in [5, 5.41) is 0. The van der Waals surface area contributed by atoms with Crippen LogP contribution in [-0.2, 0) is 20.8 Å². The van der Waals surface area contributed by atoms with Crippen molar-refractivity contribution in [1.82, 2.24) is 0 Å². The Bertz CT molecular complexity index is 495. The van der Waals surface area contributed by atoms with Crippen LogP contribution < -0.4 is 0 Å². The minimum Gasteiger partial charge on any atom is -0.376 e. The van der Waals surface area contributed by atoms with Crippen molar-refractivity contribution in [3.8, 4) is 0 Å². The molecule has 3 nitrogen and oxygen atoms in total. The van der Waals surface area contributed by atoms with Gasteiger partial charge >= 0.3 is 0 Å². The molecule has 0 radical (unpaired) electrons. The fourth-order valence-corrected chi connectivity index (χ4v) is 3.16. The summed E-state index contributed by atoms with van der Waals surface area (Å²) in [6.07, 6.45) is 4.39. The van der Waals surface area contributed by atoms with Crippen molar-refractivity contribution in [2.24, 2.45) is 11.8 Å². The molecule has 0 amide bonds. The second-order valence-corrected chi connectivity index (χ2v) is 6.93. The average Bonchev–Trinajstić information content (AvgIpc) is 2.51. The van der Waals surface area contributed by atoms with Crippen LogP contribution in [0.2, 0.25) is 0 Å². The third kappa shape index (κ3) is 5.17. The summed E-state index contributed by atoms with van der Waals surface area (Å²) in [4.78, 5) is 0. The van der Waals surface area contributed by atoms with Gasteiger partial charge < -0.3 is 14.2 Å². The Labute approximate surface area is 140 Å². The van der Waals surface area contributed by atoms with Crippen molar-refractivity contribution in [2.45, 2.75) is 59.2 Å².